The molecular weight excluding hydrogens is 501 g/mol. The van der Waals surface area contributed by atoms with Crippen molar-refractivity contribution in [1.82, 2.24) is 15.1 Å². The molecule has 2 fully saturated rings. The predicted octanol–water partition coefficient (Wildman–Crippen LogP) is 3.16. The number of thioether (sulfide) groups is 1. The molecule has 3 rings (SSSR count). The Kier molecular flexibility index (Phi) is 9.27. The largest absolute Gasteiger partial charge is 0.480 e. The number of benzene rings is 1. The van der Waals surface area contributed by atoms with Crippen LogP contribution in [0.2, 0.25) is 10.0 Å². The summed E-state index contributed by atoms with van der Waals surface area (Å²) in [6, 6.07) is 2.50. The van der Waals surface area contributed by atoms with E-state index in [0.717, 1.165) is 4.90 Å². The van der Waals surface area contributed by atoms with Gasteiger partial charge < -0.3 is 20.2 Å². The maximum atomic E-state index is 12.7. The van der Waals surface area contributed by atoms with E-state index in [4.69, 9.17) is 23.2 Å². The van der Waals surface area contributed by atoms with Crippen molar-refractivity contribution < 1.29 is 24.3 Å². The first-order chi connectivity index (χ1) is 16.2. The van der Waals surface area contributed by atoms with E-state index in [9.17, 15) is 24.3 Å². The fourth-order valence-corrected chi connectivity index (χ4v) is 5.23. The minimum absolute atomic E-state index is 0.0352. The Labute approximate surface area is 212 Å². The van der Waals surface area contributed by atoms with Gasteiger partial charge in [0.05, 0.1) is 16.6 Å². The van der Waals surface area contributed by atoms with Crippen molar-refractivity contribution in [2.24, 2.45) is 5.92 Å². The number of carboxylic acids is 1. The average molecular weight is 528 g/mol. The zero-order valence-corrected chi connectivity index (χ0v) is 21.1. The first kappa shape index (κ1) is 26.4. The summed E-state index contributed by atoms with van der Waals surface area (Å²) in [6.45, 7) is 1.23. The first-order valence-electron chi connectivity index (χ1n) is 11.0. The third-order valence-electron chi connectivity index (χ3n) is 6.07. The molecule has 0 spiro atoms. The second kappa shape index (κ2) is 12.0. The SMILES string of the molecule is CSc1ccc(C=CC(=O)N2CCC(C(=O)NC(CN3CCCC3=O)C(=O)O)CC2)c(Cl)c1Cl. The number of piperidine rings is 1. The molecule has 2 saturated heterocycles. The lowest BCUT2D eigenvalue weighted by Crippen LogP contribution is -2.51. The van der Waals surface area contributed by atoms with Crippen molar-refractivity contribution in [3.05, 3.63) is 33.8 Å². The number of nitrogens with zero attached hydrogens (tertiary/aromatic N) is 2. The molecule has 2 aliphatic rings. The highest BCUT2D eigenvalue weighted by Gasteiger charge is 2.32. The maximum Gasteiger partial charge on any atom is 0.328 e. The summed E-state index contributed by atoms with van der Waals surface area (Å²) < 4.78 is 0. The second-order valence-corrected chi connectivity index (χ2v) is 9.86. The van der Waals surface area contributed by atoms with E-state index in [1.807, 2.05) is 12.3 Å². The van der Waals surface area contributed by atoms with Crippen molar-refractivity contribution in [3.63, 3.8) is 0 Å². The van der Waals surface area contributed by atoms with Gasteiger partial charge >= 0.3 is 5.97 Å². The normalized spacial score (nSPS) is 17.9. The van der Waals surface area contributed by atoms with E-state index in [-0.39, 0.29) is 24.3 Å². The van der Waals surface area contributed by atoms with Crippen LogP contribution in [0.5, 0.6) is 0 Å². The second-order valence-electron chi connectivity index (χ2n) is 8.26. The van der Waals surface area contributed by atoms with Gasteiger partial charge in [0.1, 0.15) is 6.04 Å². The minimum Gasteiger partial charge on any atom is -0.480 e. The van der Waals surface area contributed by atoms with E-state index in [1.165, 1.54) is 22.7 Å². The van der Waals surface area contributed by atoms with Gasteiger partial charge in [0.2, 0.25) is 17.7 Å². The molecule has 34 heavy (non-hydrogen) atoms. The van der Waals surface area contributed by atoms with E-state index < -0.39 is 17.9 Å². The van der Waals surface area contributed by atoms with Gasteiger partial charge in [0.25, 0.3) is 0 Å². The molecule has 184 valence electrons. The van der Waals surface area contributed by atoms with Crippen LogP contribution in [0.25, 0.3) is 6.08 Å². The number of nitrogens with one attached hydrogen (secondary N) is 1. The number of likely N-dealkylation sites (tertiary alicyclic amines) is 2. The van der Waals surface area contributed by atoms with Gasteiger partial charge in [-0.05, 0) is 43.2 Å². The maximum absolute atomic E-state index is 12.7. The smallest absolute Gasteiger partial charge is 0.328 e. The highest BCUT2D eigenvalue weighted by Crippen LogP contribution is 2.35. The van der Waals surface area contributed by atoms with Gasteiger partial charge in [-0.3, -0.25) is 14.4 Å². The Balaban J connectivity index is 1.52. The van der Waals surface area contributed by atoms with Gasteiger partial charge in [-0.15, -0.1) is 11.8 Å². The molecule has 1 aromatic carbocycles. The van der Waals surface area contributed by atoms with Gasteiger partial charge in [-0.2, -0.15) is 0 Å². The highest BCUT2D eigenvalue weighted by atomic mass is 35.5. The molecule has 0 saturated carbocycles. The third-order valence-corrected chi connectivity index (χ3v) is 7.86. The monoisotopic (exact) mass is 527 g/mol. The standard InChI is InChI=1S/C23H27Cl2N3O5S/c1-34-17-6-4-14(20(24)21(17)25)5-7-19(30)27-11-8-15(9-12-27)22(31)26-16(23(32)33)13-28-10-2-3-18(28)29/h4-7,15-16H,2-3,8-13H2,1H3,(H,26,31)(H,32,33). The molecular formula is C23H27Cl2N3O5S. The number of halogens is 2. The fraction of sp³-hybridized carbons (Fsp3) is 0.478. The Morgan fingerprint density at radius 3 is 2.50 bits per heavy atom. The molecule has 0 aromatic heterocycles. The molecule has 8 nitrogen and oxygen atoms in total. The Bertz CT molecular complexity index is 995. The zero-order valence-electron chi connectivity index (χ0n) is 18.8. The number of rotatable bonds is 8. The molecule has 2 N–H and O–H groups in total. The van der Waals surface area contributed by atoms with Crippen molar-refractivity contribution in [2.45, 2.75) is 36.6 Å². The number of hydrogen-bond donors (Lipinski definition) is 2. The molecule has 3 amide bonds. The van der Waals surface area contributed by atoms with Crippen molar-refractivity contribution >= 4 is 64.7 Å². The van der Waals surface area contributed by atoms with Crippen LogP contribution in [0, 0.1) is 5.92 Å². The van der Waals surface area contributed by atoms with Crippen LogP contribution in [0.1, 0.15) is 31.2 Å². The molecule has 0 radical (unpaired) electrons. The predicted molar refractivity (Wildman–Crippen MR) is 132 cm³/mol. The van der Waals surface area contributed by atoms with E-state index in [1.54, 1.807) is 17.0 Å². The number of carbonyl (C=O) groups excluding carboxylic acids is 3. The lowest BCUT2D eigenvalue weighted by molar-refractivity contribution is -0.144. The summed E-state index contributed by atoms with van der Waals surface area (Å²) in [5.74, 6) is -2.22. The summed E-state index contributed by atoms with van der Waals surface area (Å²) >= 11 is 14.0. The van der Waals surface area contributed by atoms with E-state index >= 15 is 0 Å². The van der Waals surface area contributed by atoms with Crippen LogP contribution in [0.4, 0.5) is 0 Å². The van der Waals surface area contributed by atoms with Crippen LogP contribution in [-0.4, -0.2) is 77.1 Å². The lowest BCUT2D eigenvalue weighted by atomic mass is 9.95. The molecule has 1 atom stereocenters. The lowest BCUT2D eigenvalue weighted by Gasteiger charge is -2.31. The number of amides is 3. The minimum atomic E-state index is -1.17. The molecule has 2 heterocycles. The molecule has 1 aromatic rings. The first-order valence-corrected chi connectivity index (χ1v) is 13.0. The molecule has 2 aliphatic heterocycles. The Morgan fingerprint density at radius 1 is 1.21 bits per heavy atom. The van der Waals surface area contributed by atoms with Crippen LogP contribution in [0.3, 0.4) is 0 Å². The Morgan fingerprint density at radius 2 is 1.91 bits per heavy atom. The molecule has 0 aliphatic carbocycles. The zero-order chi connectivity index (χ0) is 24.8. The van der Waals surface area contributed by atoms with Gasteiger partial charge in [0.15, 0.2) is 0 Å². The summed E-state index contributed by atoms with van der Waals surface area (Å²) in [5, 5.41) is 12.9. The third kappa shape index (κ3) is 6.46. The number of carbonyl (C=O) groups is 4. The number of hydrogen-bond acceptors (Lipinski definition) is 5. The fourth-order valence-electron chi connectivity index (χ4n) is 4.05. The summed E-state index contributed by atoms with van der Waals surface area (Å²) in [7, 11) is 0. The van der Waals surface area contributed by atoms with Crippen LogP contribution < -0.4 is 5.32 Å². The molecule has 1 unspecified atom stereocenters. The quantitative estimate of drug-likeness (QED) is 0.397. The topological polar surface area (TPSA) is 107 Å². The summed E-state index contributed by atoms with van der Waals surface area (Å²) in [5.41, 5.74) is 0.642. The highest BCUT2D eigenvalue weighted by molar-refractivity contribution is 7.98. The summed E-state index contributed by atoms with van der Waals surface area (Å²) in [4.78, 5) is 52.6. The van der Waals surface area contributed by atoms with Crippen molar-refractivity contribution in [2.75, 3.05) is 32.4 Å². The average Bonchev–Trinajstić information content (AvgIpc) is 3.23. The van der Waals surface area contributed by atoms with Crippen molar-refractivity contribution in [1.29, 1.82) is 0 Å². The van der Waals surface area contributed by atoms with Crippen LogP contribution in [0.15, 0.2) is 23.1 Å². The number of aliphatic carboxylic acids is 1. The van der Waals surface area contributed by atoms with Crippen LogP contribution in [-0.2, 0) is 19.2 Å². The van der Waals surface area contributed by atoms with Crippen molar-refractivity contribution in [3.8, 4) is 0 Å². The van der Waals surface area contributed by atoms with Gasteiger partial charge in [-0.1, -0.05) is 29.3 Å². The number of carboxylic acid groups (broad SMARTS) is 1. The Hall–Kier alpha value is -2.23. The van der Waals surface area contributed by atoms with Gasteiger partial charge in [-0.25, -0.2) is 4.79 Å². The molecule has 0 bridgehead atoms. The molecule has 11 heteroatoms. The summed E-state index contributed by atoms with van der Waals surface area (Å²) in [6.07, 6.45) is 6.91. The van der Waals surface area contributed by atoms with Crippen LogP contribution >= 0.6 is 35.0 Å². The van der Waals surface area contributed by atoms with E-state index in [2.05, 4.69) is 5.32 Å². The van der Waals surface area contributed by atoms with Gasteiger partial charge in [0, 0.05) is 42.9 Å². The van der Waals surface area contributed by atoms with E-state index in [0.29, 0.717) is 60.9 Å².